The Kier molecular flexibility index (Phi) is 5.70. The lowest BCUT2D eigenvalue weighted by molar-refractivity contribution is 0.182. The Morgan fingerprint density at radius 3 is 2.80 bits per heavy atom. The van der Waals surface area contributed by atoms with E-state index in [4.69, 9.17) is 4.74 Å². The van der Waals surface area contributed by atoms with E-state index in [1.165, 1.54) is 5.56 Å². The summed E-state index contributed by atoms with van der Waals surface area (Å²) in [5, 5.41) is 7.92. The van der Waals surface area contributed by atoms with Crippen molar-refractivity contribution >= 4 is 15.9 Å². The lowest BCUT2D eigenvalue weighted by Crippen LogP contribution is -2.26. The first kappa shape index (κ1) is 15.2. The number of nitrogens with zero attached hydrogens (tertiary/aromatic N) is 3. The van der Waals surface area contributed by atoms with Crippen molar-refractivity contribution in [2.24, 2.45) is 0 Å². The maximum atomic E-state index is 5.15. The van der Waals surface area contributed by atoms with Crippen LogP contribution in [-0.4, -0.2) is 35.0 Å². The largest absolute Gasteiger partial charge is 0.383 e. The number of methoxy groups -OCH3 is 1. The number of hydrogen-bond acceptors (Lipinski definition) is 4. The molecule has 0 radical (unpaired) electrons. The second-order valence-electron chi connectivity index (χ2n) is 4.36. The zero-order valence-corrected chi connectivity index (χ0v) is 13.3. The van der Waals surface area contributed by atoms with E-state index in [0.29, 0.717) is 6.61 Å². The first-order valence-electron chi connectivity index (χ1n) is 6.61. The molecule has 0 aliphatic rings. The number of pyridine rings is 1. The van der Waals surface area contributed by atoms with Crippen LogP contribution in [0.1, 0.15) is 24.2 Å². The number of halogens is 1. The summed E-state index contributed by atoms with van der Waals surface area (Å²) in [5.74, 6) is 0. The second-order valence-corrected chi connectivity index (χ2v) is 5.22. The Balaban J connectivity index is 2.36. The third-order valence-electron chi connectivity index (χ3n) is 3.06. The van der Waals surface area contributed by atoms with Crippen molar-refractivity contribution in [2.45, 2.75) is 19.5 Å². The van der Waals surface area contributed by atoms with Crippen molar-refractivity contribution < 1.29 is 4.74 Å². The predicted molar refractivity (Wildman–Crippen MR) is 81.6 cm³/mol. The first-order valence-corrected chi connectivity index (χ1v) is 7.40. The van der Waals surface area contributed by atoms with Gasteiger partial charge in [0, 0.05) is 19.5 Å². The smallest absolute Gasteiger partial charge is 0.0760 e. The van der Waals surface area contributed by atoms with Crippen LogP contribution in [0.2, 0.25) is 0 Å². The van der Waals surface area contributed by atoms with Gasteiger partial charge < -0.3 is 10.1 Å². The van der Waals surface area contributed by atoms with E-state index in [-0.39, 0.29) is 6.04 Å². The van der Waals surface area contributed by atoms with Gasteiger partial charge in [0.1, 0.15) is 0 Å². The van der Waals surface area contributed by atoms with Crippen LogP contribution in [0, 0.1) is 0 Å². The molecule has 5 nitrogen and oxygen atoms in total. The van der Waals surface area contributed by atoms with E-state index in [2.05, 4.69) is 38.3 Å². The van der Waals surface area contributed by atoms with Crippen molar-refractivity contribution in [1.82, 2.24) is 20.1 Å². The molecule has 1 N–H and O–H groups in total. The lowest BCUT2D eigenvalue weighted by Gasteiger charge is -2.20. The quantitative estimate of drug-likeness (QED) is 0.842. The van der Waals surface area contributed by atoms with Crippen LogP contribution < -0.4 is 5.32 Å². The maximum absolute atomic E-state index is 5.15. The molecule has 2 heterocycles. The molecule has 0 amide bonds. The summed E-state index contributed by atoms with van der Waals surface area (Å²) in [7, 11) is 1.70. The molecule has 0 spiro atoms. The van der Waals surface area contributed by atoms with Crippen LogP contribution in [-0.2, 0) is 11.3 Å². The standard InChI is InChI=1S/C14H19BrN4O/c1-3-17-13(11-4-6-16-7-5-11)14-12(15)10-18-19(14)8-9-20-2/h4-7,10,13,17H,3,8-9H2,1-2H3. The van der Waals surface area contributed by atoms with Crippen molar-refractivity contribution in [2.75, 3.05) is 20.3 Å². The van der Waals surface area contributed by atoms with Crippen LogP contribution in [0.4, 0.5) is 0 Å². The van der Waals surface area contributed by atoms with Gasteiger partial charge in [-0.05, 0) is 40.2 Å². The number of aromatic nitrogens is 3. The van der Waals surface area contributed by atoms with Gasteiger partial charge in [-0.25, -0.2) is 0 Å². The summed E-state index contributed by atoms with van der Waals surface area (Å²) in [6.07, 6.45) is 5.45. The van der Waals surface area contributed by atoms with Crippen LogP contribution >= 0.6 is 15.9 Å². The molecule has 1 unspecified atom stereocenters. The molecule has 0 saturated heterocycles. The third-order valence-corrected chi connectivity index (χ3v) is 3.67. The van der Waals surface area contributed by atoms with E-state index < -0.39 is 0 Å². The van der Waals surface area contributed by atoms with Gasteiger partial charge in [0.2, 0.25) is 0 Å². The molecular weight excluding hydrogens is 320 g/mol. The van der Waals surface area contributed by atoms with E-state index in [1.54, 1.807) is 7.11 Å². The number of nitrogens with one attached hydrogen (secondary N) is 1. The molecule has 0 fully saturated rings. The van der Waals surface area contributed by atoms with E-state index in [9.17, 15) is 0 Å². The van der Waals surface area contributed by atoms with Gasteiger partial charge in [0.15, 0.2) is 0 Å². The molecule has 0 aliphatic heterocycles. The van der Waals surface area contributed by atoms with Crippen molar-refractivity contribution in [3.8, 4) is 0 Å². The minimum Gasteiger partial charge on any atom is -0.383 e. The van der Waals surface area contributed by atoms with E-state index in [1.807, 2.05) is 35.4 Å². The zero-order valence-electron chi connectivity index (χ0n) is 11.7. The minimum absolute atomic E-state index is 0.0803. The average Bonchev–Trinajstić information content (AvgIpc) is 2.84. The van der Waals surface area contributed by atoms with E-state index >= 15 is 0 Å². The van der Waals surface area contributed by atoms with Crippen LogP contribution in [0.15, 0.2) is 35.2 Å². The van der Waals surface area contributed by atoms with Crippen LogP contribution in [0.5, 0.6) is 0 Å². The SMILES string of the molecule is CCNC(c1ccncc1)c1c(Br)cnn1CCOC. The molecule has 2 aromatic heterocycles. The highest BCUT2D eigenvalue weighted by atomic mass is 79.9. The van der Waals surface area contributed by atoms with Gasteiger partial charge in [-0.3, -0.25) is 9.67 Å². The Labute approximate surface area is 127 Å². The summed E-state index contributed by atoms with van der Waals surface area (Å²) in [6, 6.07) is 4.12. The third kappa shape index (κ3) is 3.45. The molecule has 0 saturated carbocycles. The molecule has 108 valence electrons. The molecule has 2 rings (SSSR count). The summed E-state index contributed by atoms with van der Waals surface area (Å²) >= 11 is 3.60. The van der Waals surface area contributed by atoms with Gasteiger partial charge >= 0.3 is 0 Å². The number of hydrogen-bond donors (Lipinski definition) is 1. The summed E-state index contributed by atoms with van der Waals surface area (Å²) < 4.78 is 8.12. The van der Waals surface area contributed by atoms with Gasteiger partial charge in [-0.1, -0.05) is 6.92 Å². The van der Waals surface area contributed by atoms with Crippen LogP contribution in [0.3, 0.4) is 0 Å². The zero-order chi connectivity index (χ0) is 14.4. The van der Waals surface area contributed by atoms with E-state index in [0.717, 1.165) is 23.3 Å². The Bertz CT molecular complexity index is 529. The van der Waals surface area contributed by atoms with Crippen molar-refractivity contribution in [3.05, 3.63) is 46.5 Å². The number of ether oxygens (including phenoxy) is 1. The molecule has 0 aromatic carbocycles. The highest BCUT2D eigenvalue weighted by Gasteiger charge is 2.21. The fraction of sp³-hybridized carbons (Fsp3) is 0.429. The first-order chi connectivity index (χ1) is 9.77. The van der Waals surface area contributed by atoms with Crippen molar-refractivity contribution in [1.29, 1.82) is 0 Å². The highest BCUT2D eigenvalue weighted by molar-refractivity contribution is 9.10. The lowest BCUT2D eigenvalue weighted by atomic mass is 10.1. The second kappa shape index (κ2) is 7.52. The molecule has 0 bridgehead atoms. The fourth-order valence-electron chi connectivity index (χ4n) is 2.15. The number of rotatable bonds is 7. The maximum Gasteiger partial charge on any atom is 0.0760 e. The minimum atomic E-state index is 0.0803. The molecular formula is C14H19BrN4O. The Morgan fingerprint density at radius 1 is 1.40 bits per heavy atom. The summed E-state index contributed by atoms with van der Waals surface area (Å²) in [6.45, 7) is 4.33. The fourth-order valence-corrected chi connectivity index (χ4v) is 2.67. The molecule has 6 heteroatoms. The van der Waals surface area contributed by atoms with Gasteiger partial charge in [0.25, 0.3) is 0 Å². The molecule has 2 aromatic rings. The van der Waals surface area contributed by atoms with Gasteiger partial charge in [-0.15, -0.1) is 0 Å². The average molecular weight is 339 g/mol. The molecule has 0 aliphatic carbocycles. The monoisotopic (exact) mass is 338 g/mol. The van der Waals surface area contributed by atoms with Gasteiger partial charge in [-0.2, -0.15) is 5.10 Å². The normalized spacial score (nSPS) is 12.6. The highest BCUT2D eigenvalue weighted by Crippen LogP contribution is 2.28. The Hall–Kier alpha value is -1.24. The summed E-state index contributed by atoms with van der Waals surface area (Å²) in [4.78, 5) is 4.08. The predicted octanol–water partition coefficient (Wildman–Crippen LogP) is 2.39. The molecule has 20 heavy (non-hydrogen) atoms. The van der Waals surface area contributed by atoms with Crippen molar-refractivity contribution in [3.63, 3.8) is 0 Å². The van der Waals surface area contributed by atoms with Gasteiger partial charge in [0.05, 0.1) is 35.6 Å². The Morgan fingerprint density at radius 2 is 2.15 bits per heavy atom. The summed E-state index contributed by atoms with van der Waals surface area (Å²) in [5.41, 5.74) is 2.27. The topological polar surface area (TPSA) is 52.0 Å². The van der Waals surface area contributed by atoms with Crippen LogP contribution in [0.25, 0.3) is 0 Å². The molecule has 1 atom stereocenters.